The van der Waals surface area contributed by atoms with Crippen LogP contribution in [0.4, 0.5) is 0 Å². The Morgan fingerprint density at radius 3 is 2.83 bits per heavy atom. The van der Waals surface area contributed by atoms with Crippen LogP contribution in [0.2, 0.25) is 5.02 Å². The van der Waals surface area contributed by atoms with Gasteiger partial charge in [-0.1, -0.05) is 25.4 Å². The molecule has 1 amide bonds. The van der Waals surface area contributed by atoms with Crippen LogP contribution in [0, 0.1) is 9.62 Å². The number of carbonyl (C=O) groups is 1. The number of fused-ring (bicyclic) bond motifs is 1. The third-order valence-corrected chi connectivity index (χ3v) is 5.91. The van der Waals surface area contributed by atoms with Crippen molar-refractivity contribution in [3.8, 4) is 0 Å². The van der Waals surface area contributed by atoms with Gasteiger partial charge in [-0.25, -0.2) is 0 Å². The molecule has 7 heteroatoms. The van der Waals surface area contributed by atoms with Gasteiger partial charge in [0.2, 0.25) is 0 Å². The molecule has 0 radical (unpaired) electrons. The molecule has 0 aliphatic heterocycles. The van der Waals surface area contributed by atoms with E-state index in [1.807, 2.05) is 23.6 Å². The van der Waals surface area contributed by atoms with Gasteiger partial charge in [-0.2, -0.15) is 5.10 Å². The molecular weight excluding hydrogens is 445 g/mol. The average molecular weight is 460 g/mol. The Labute approximate surface area is 156 Å². The van der Waals surface area contributed by atoms with Gasteiger partial charge >= 0.3 is 0 Å². The van der Waals surface area contributed by atoms with Crippen molar-refractivity contribution in [2.75, 3.05) is 0 Å². The number of carbonyl (C=O) groups excluding carboxylic acids is 1. The third-order valence-electron chi connectivity index (χ3n) is 3.65. The number of amides is 1. The van der Waals surface area contributed by atoms with Crippen molar-refractivity contribution in [2.24, 2.45) is 5.92 Å². The molecule has 23 heavy (non-hydrogen) atoms. The van der Waals surface area contributed by atoms with Crippen LogP contribution in [0.15, 0.2) is 29.6 Å². The summed E-state index contributed by atoms with van der Waals surface area (Å²) in [5.74, 6) is 0.139. The molecule has 3 rings (SSSR count). The smallest absolute Gasteiger partial charge is 0.251 e. The van der Waals surface area contributed by atoms with Crippen molar-refractivity contribution in [1.29, 1.82) is 0 Å². The first-order chi connectivity index (χ1) is 11.0. The lowest BCUT2D eigenvalue weighted by Crippen LogP contribution is -2.31. The third kappa shape index (κ3) is 3.39. The summed E-state index contributed by atoms with van der Waals surface area (Å²) in [7, 11) is 0. The quantitative estimate of drug-likeness (QED) is 0.539. The Kier molecular flexibility index (Phi) is 4.93. The summed E-state index contributed by atoms with van der Waals surface area (Å²) in [5, 5.41) is 13.8. The number of aromatic nitrogens is 2. The highest BCUT2D eigenvalue weighted by Gasteiger charge is 2.23. The number of halogens is 2. The number of nitrogens with one attached hydrogen (secondary N) is 2. The van der Waals surface area contributed by atoms with Crippen LogP contribution >= 0.6 is 45.5 Å². The fraction of sp³-hybridized carbons (Fsp3) is 0.250. The van der Waals surface area contributed by atoms with Gasteiger partial charge in [-0.15, -0.1) is 11.3 Å². The van der Waals surface area contributed by atoms with E-state index in [-0.39, 0.29) is 17.9 Å². The van der Waals surface area contributed by atoms with E-state index in [1.165, 1.54) is 0 Å². The number of benzene rings is 1. The maximum atomic E-state index is 12.7. The molecule has 3 aromatic rings. The van der Waals surface area contributed by atoms with E-state index in [4.69, 9.17) is 11.6 Å². The Hall–Kier alpha value is -1.12. The second-order valence-electron chi connectivity index (χ2n) is 5.60. The van der Waals surface area contributed by atoms with E-state index in [0.29, 0.717) is 10.6 Å². The van der Waals surface area contributed by atoms with E-state index in [0.717, 1.165) is 19.5 Å². The molecule has 1 aromatic carbocycles. The second-order valence-corrected chi connectivity index (χ2v) is 8.03. The first-order valence-electron chi connectivity index (χ1n) is 7.14. The molecule has 0 bridgehead atoms. The minimum atomic E-state index is -0.105. The monoisotopic (exact) mass is 459 g/mol. The van der Waals surface area contributed by atoms with Gasteiger partial charge in [0.15, 0.2) is 0 Å². The van der Waals surface area contributed by atoms with E-state index in [2.05, 4.69) is 52.0 Å². The second kappa shape index (κ2) is 6.78. The molecule has 120 valence electrons. The molecular formula is C16H15ClIN3OS. The Morgan fingerprint density at radius 1 is 1.39 bits per heavy atom. The standard InChI is InChI=1S/C16H15ClIN3OS/c1-8(2)13(14-11(17)5-6-23-14)19-16(22)9-3-4-12-10(7-9)15(18)21-20-12/h3-8,13H,1-2H3,(H,19,22)(H,20,21)/t13-/m0/s1. The van der Waals surface area contributed by atoms with Gasteiger partial charge in [-0.3, -0.25) is 9.89 Å². The number of nitrogens with zero attached hydrogens (tertiary/aromatic N) is 1. The molecule has 1 atom stereocenters. The fourth-order valence-electron chi connectivity index (χ4n) is 2.41. The maximum Gasteiger partial charge on any atom is 0.251 e. The largest absolute Gasteiger partial charge is 0.344 e. The topological polar surface area (TPSA) is 57.8 Å². The van der Waals surface area contributed by atoms with Gasteiger partial charge in [-0.05, 0) is 58.2 Å². The normalized spacial score (nSPS) is 12.7. The highest BCUT2D eigenvalue weighted by atomic mass is 127. The minimum Gasteiger partial charge on any atom is -0.344 e. The summed E-state index contributed by atoms with van der Waals surface area (Å²) in [6, 6.07) is 7.27. The van der Waals surface area contributed by atoms with Crippen LogP contribution in [0.1, 0.15) is 35.1 Å². The van der Waals surface area contributed by atoms with E-state index < -0.39 is 0 Å². The SMILES string of the molecule is CC(C)[C@H](NC(=O)c1ccc2n[nH]c(I)c2c1)c1sccc1Cl. The van der Waals surface area contributed by atoms with E-state index in [9.17, 15) is 4.79 Å². The fourth-order valence-corrected chi connectivity index (χ4v) is 4.36. The minimum absolute atomic E-state index is 0.103. The van der Waals surface area contributed by atoms with Crippen LogP contribution in [0.3, 0.4) is 0 Å². The van der Waals surface area contributed by atoms with Crippen molar-refractivity contribution in [3.05, 3.63) is 48.8 Å². The van der Waals surface area contributed by atoms with E-state index >= 15 is 0 Å². The van der Waals surface area contributed by atoms with E-state index in [1.54, 1.807) is 17.4 Å². The molecule has 0 saturated carbocycles. The number of rotatable bonds is 4. The van der Waals surface area contributed by atoms with Gasteiger partial charge < -0.3 is 5.32 Å². The van der Waals surface area contributed by atoms with Crippen LogP contribution in [0.25, 0.3) is 10.9 Å². The van der Waals surface area contributed by atoms with Gasteiger partial charge in [0.1, 0.15) is 3.70 Å². The first-order valence-corrected chi connectivity index (χ1v) is 9.48. The summed E-state index contributed by atoms with van der Waals surface area (Å²) in [4.78, 5) is 13.7. The van der Waals surface area contributed by atoms with Crippen LogP contribution in [0.5, 0.6) is 0 Å². The van der Waals surface area contributed by atoms with Gasteiger partial charge in [0, 0.05) is 15.8 Å². The summed E-state index contributed by atoms with van der Waals surface area (Å²) in [5.41, 5.74) is 1.47. The molecule has 0 aliphatic carbocycles. The van der Waals surface area contributed by atoms with Crippen LogP contribution < -0.4 is 5.32 Å². The Bertz CT molecular complexity index is 858. The lowest BCUT2D eigenvalue weighted by molar-refractivity contribution is 0.0926. The van der Waals surface area contributed by atoms with Crippen LogP contribution in [-0.2, 0) is 0 Å². The summed E-state index contributed by atoms with van der Waals surface area (Å²) in [6.45, 7) is 4.15. The number of aromatic amines is 1. The number of thiophene rings is 1. The summed E-state index contributed by atoms with van der Waals surface area (Å²) in [6.07, 6.45) is 0. The van der Waals surface area contributed by atoms with Crippen molar-refractivity contribution < 1.29 is 4.79 Å². The molecule has 2 aromatic heterocycles. The molecule has 4 nitrogen and oxygen atoms in total. The van der Waals surface area contributed by atoms with Gasteiger partial charge in [0.05, 0.1) is 16.6 Å². The zero-order valence-corrected chi connectivity index (χ0v) is 16.3. The summed E-state index contributed by atoms with van der Waals surface area (Å²) >= 11 is 9.98. The highest BCUT2D eigenvalue weighted by Crippen LogP contribution is 2.33. The predicted molar refractivity (Wildman–Crippen MR) is 103 cm³/mol. The molecule has 0 saturated heterocycles. The molecule has 0 spiro atoms. The van der Waals surface area contributed by atoms with Crippen molar-refractivity contribution >= 4 is 62.3 Å². The first kappa shape index (κ1) is 16.7. The molecule has 0 aliphatic rings. The van der Waals surface area contributed by atoms with Crippen molar-refractivity contribution in [2.45, 2.75) is 19.9 Å². The van der Waals surface area contributed by atoms with Crippen molar-refractivity contribution in [1.82, 2.24) is 15.5 Å². The maximum absolute atomic E-state index is 12.7. The predicted octanol–water partition coefficient (Wildman–Crippen LogP) is 5.01. The zero-order valence-electron chi connectivity index (χ0n) is 12.6. The highest BCUT2D eigenvalue weighted by molar-refractivity contribution is 14.1. The van der Waals surface area contributed by atoms with Crippen molar-refractivity contribution in [3.63, 3.8) is 0 Å². The lowest BCUT2D eigenvalue weighted by Gasteiger charge is -2.22. The molecule has 0 fully saturated rings. The molecule has 2 N–H and O–H groups in total. The Morgan fingerprint density at radius 2 is 2.17 bits per heavy atom. The van der Waals surface area contributed by atoms with Crippen LogP contribution in [-0.4, -0.2) is 16.1 Å². The zero-order chi connectivity index (χ0) is 16.6. The summed E-state index contributed by atoms with van der Waals surface area (Å²) < 4.78 is 0.925. The lowest BCUT2D eigenvalue weighted by atomic mass is 10.0. The number of hydrogen-bond donors (Lipinski definition) is 2. The average Bonchev–Trinajstić information content (AvgIpc) is 3.10. The Balaban J connectivity index is 1.88. The number of H-pyrrole nitrogens is 1. The molecule has 2 heterocycles. The van der Waals surface area contributed by atoms with Gasteiger partial charge in [0.25, 0.3) is 5.91 Å². The number of hydrogen-bond acceptors (Lipinski definition) is 3. The molecule has 0 unspecified atom stereocenters.